The fourth-order valence-electron chi connectivity index (χ4n) is 4.15. The molecule has 2 unspecified atom stereocenters. The molecular formula is C16H20N8O. The smallest absolute Gasteiger partial charge is 0.343 e. The van der Waals surface area contributed by atoms with Gasteiger partial charge in [0.1, 0.15) is 18.0 Å². The zero-order chi connectivity index (χ0) is 17.1. The van der Waals surface area contributed by atoms with Crippen molar-refractivity contribution in [3.63, 3.8) is 0 Å². The molecule has 2 aliphatic rings. The monoisotopic (exact) mass is 340 g/mol. The first-order chi connectivity index (χ1) is 12.1. The molecule has 3 aromatic rings. The van der Waals surface area contributed by atoms with Crippen LogP contribution in [-0.4, -0.2) is 40.9 Å². The lowest BCUT2D eigenvalue weighted by Gasteiger charge is -2.28. The molecule has 3 aromatic heterocycles. The molecule has 5 rings (SSSR count). The number of anilines is 1. The highest BCUT2D eigenvalue weighted by molar-refractivity contribution is 5.53. The molecule has 4 heterocycles. The zero-order valence-corrected chi connectivity index (χ0v) is 14.3. The average Bonchev–Trinajstić information content (AvgIpc) is 3.02. The quantitative estimate of drug-likeness (QED) is 0.758. The summed E-state index contributed by atoms with van der Waals surface area (Å²) in [4.78, 5) is 19.0. The lowest BCUT2D eigenvalue weighted by molar-refractivity contribution is 0.405. The van der Waals surface area contributed by atoms with Crippen LogP contribution in [0.2, 0.25) is 0 Å². The molecule has 0 aromatic carbocycles. The maximum absolute atomic E-state index is 11.9. The van der Waals surface area contributed by atoms with Crippen molar-refractivity contribution in [3.05, 3.63) is 34.5 Å². The number of aromatic nitrogens is 7. The third-order valence-electron chi connectivity index (χ3n) is 5.60. The highest BCUT2D eigenvalue weighted by atomic mass is 16.1. The van der Waals surface area contributed by atoms with Crippen LogP contribution in [0.1, 0.15) is 37.0 Å². The first kappa shape index (κ1) is 14.6. The van der Waals surface area contributed by atoms with Crippen LogP contribution in [0.4, 0.5) is 5.82 Å². The van der Waals surface area contributed by atoms with Crippen molar-refractivity contribution < 1.29 is 0 Å². The van der Waals surface area contributed by atoms with Gasteiger partial charge < -0.3 is 4.90 Å². The first-order valence-electron chi connectivity index (χ1n) is 8.69. The fraction of sp³-hybridized carbons (Fsp3) is 0.562. The Hall–Kier alpha value is -2.71. The molecule has 0 bridgehead atoms. The molecule has 9 heteroatoms. The summed E-state index contributed by atoms with van der Waals surface area (Å²) in [6.45, 7) is 2.86. The third kappa shape index (κ3) is 2.18. The largest absolute Gasteiger partial charge is 0.346 e. The Morgan fingerprint density at radius 3 is 2.84 bits per heavy atom. The normalized spacial score (nSPS) is 23.7. The number of rotatable bonds is 3. The van der Waals surface area contributed by atoms with E-state index in [0.29, 0.717) is 5.92 Å². The van der Waals surface area contributed by atoms with Crippen LogP contribution in [0.5, 0.6) is 0 Å². The molecule has 2 atom stereocenters. The van der Waals surface area contributed by atoms with Crippen molar-refractivity contribution >= 4 is 11.5 Å². The summed E-state index contributed by atoms with van der Waals surface area (Å²) < 4.78 is 3.50. The van der Waals surface area contributed by atoms with Crippen LogP contribution >= 0.6 is 0 Å². The highest BCUT2D eigenvalue weighted by Gasteiger charge is 2.46. The zero-order valence-electron chi connectivity index (χ0n) is 14.3. The molecule has 130 valence electrons. The second kappa shape index (κ2) is 5.14. The van der Waals surface area contributed by atoms with Gasteiger partial charge in [-0.2, -0.15) is 5.10 Å². The number of hydrogen-bond donors (Lipinski definition) is 1. The molecule has 0 radical (unpaired) electrons. The summed E-state index contributed by atoms with van der Waals surface area (Å²) >= 11 is 0. The van der Waals surface area contributed by atoms with Gasteiger partial charge in [-0.1, -0.05) is 0 Å². The van der Waals surface area contributed by atoms with Gasteiger partial charge in [0, 0.05) is 19.7 Å². The van der Waals surface area contributed by atoms with E-state index >= 15 is 0 Å². The first-order valence-corrected chi connectivity index (χ1v) is 8.69. The number of fused-ring (bicyclic) bond motifs is 1. The summed E-state index contributed by atoms with van der Waals surface area (Å²) in [5.74, 6) is 3.74. The molecule has 1 aliphatic heterocycles. The minimum absolute atomic E-state index is 0.0636. The maximum Gasteiger partial charge on any atom is 0.343 e. The van der Waals surface area contributed by atoms with Gasteiger partial charge in [-0.3, -0.25) is 8.97 Å². The number of nitrogens with one attached hydrogen (secondary N) is 1. The average molecular weight is 340 g/mol. The second-order valence-electron chi connectivity index (χ2n) is 7.09. The van der Waals surface area contributed by atoms with Crippen LogP contribution in [-0.2, 0) is 7.05 Å². The minimum Gasteiger partial charge on any atom is -0.346 e. The summed E-state index contributed by atoms with van der Waals surface area (Å²) in [6, 6.07) is 2.03. The van der Waals surface area contributed by atoms with Crippen molar-refractivity contribution in [1.82, 2.24) is 34.3 Å². The second-order valence-corrected chi connectivity index (χ2v) is 7.09. The molecule has 1 saturated carbocycles. The number of aromatic amines is 1. The van der Waals surface area contributed by atoms with Crippen molar-refractivity contribution in [3.8, 4) is 0 Å². The fourth-order valence-corrected chi connectivity index (χ4v) is 4.15. The predicted molar refractivity (Wildman–Crippen MR) is 90.3 cm³/mol. The lowest BCUT2D eigenvalue weighted by atomic mass is 9.94. The molecule has 25 heavy (non-hydrogen) atoms. The van der Waals surface area contributed by atoms with Crippen LogP contribution in [0, 0.1) is 18.8 Å². The van der Waals surface area contributed by atoms with Gasteiger partial charge >= 0.3 is 5.69 Å². The Bertz CT molecular complexity index is 997. The van der Waals surface area contributed by atoms with E-state index in [1.54, 1.807) is 17.9 Å². The molecule has 0 amide bonds. The van der Waals surface area contributed by atoms with Crippen molar-refractivity contribution in [2.75, 3.05) is 11.4 Å². The summed E-state index contributed by atoms with van der Waals surface area (Å²) in [5.41, 5.74) is 0.612. The SMILES string of the molecule is Cc1nc(N2CCC(C3CC3)C2c2n[nH]c(=O)n2C)cc2nncn12. The van der Waals surface area contributed by atoms with E-state index in [2.05, 4.69) is 25.3 Å². The van der Waals surface area contributed by atoms with E-state index in [-0.39, 0.29) is 11.7 Å². The van der Waals surface area contributed by atoms with Gasteiger partial charge in [0.25, 0.3) is 0 Å². The lowest BCUT2D eigenvalue weighted by Crippen LogP contribution is -2.30. The van der Waals surface area contributed by atoms with Crippen LogP contribution in [0.25, 0.3) is 5.65 Å². The van der Waals surface area contributed by atoms with Crippen LogP contribution in [0.15, 0.2) is 17.2 Å². The molecule has 1 N–H and O–H groups in total. The Morgan fingerprint density at radius 1 is 1.28 bits per heavy atom. The number of H-pyrrole nitrogens is 1. The van der Waals surface area contributed by atoms with Gasteiger partial charge in [-0.25, -0.2) is 14.9 Å². The summed E-state index contributed by atoms with van der Waals surface area (Å²) in [7, 11) is 1.78. The van der Waals surface area contributed by atoms with Crippen molar-refractivity contribution in [1.29, 1.82) is 0 Å². The van der Waals surface area contributed by atoms with Crippen molar-refractivity contribution in [2.45, 2.75) is 32.2 Å². The van der Waals surface area contributed by atoms with Crippen molar-refractivity contribution in [2.24, 2.45) is 18.9 Å². The molecule has 2 fully saturated rings. The van der Waals surface area contributed by atoms with Gasteiger partial charge in [-0.05, 0) is 38.0 Å². The standard InChI is InChI=1S/C16H20N8O/c1-9-18-12(7-13-19-17-8-24(9)13)23-6-5-11(10-3-4-10)14(23)15-20-21-16(25)22(15)2/h7-8,10-11,14H,3-6H2,1-2H3,(H,21,25). The van der Waals surface area contributed by atoms with Gasteiger partial charge in [0.15, 0.2) is 11.5 Å². The van der Waals surface area contributed by atoms with Crippen LogP contribution in [0.3, 0.4) is 0 Å². The third-order valence-corrected chi connectivity index (χ3v) is 5.60. The molecule has 1 aliphatic carbocycles. The summed E-state index contributed by atoms with van der Waals surface area (Å²) in [6.07, 6.45) is 5.30. The van der Waals surface area contributed by atoms with Gasteiger partial charge in [-0.15, -0.1) is 10.2 Å². The Labute approximate surface area is 143 Å². The van der Waals surface area contributed by atoms with E-state index in [0.717, 1.165) is 42.0 Å². The van der Waals surface area contributed by atoms with Gasteiger partial charge in [0.05, 0.1) is 6.04 Å². The van der Waals surface area contributed by atoms with E-state index in [9.17, 15) is 4.79 Å². The molecular weight excluding hydrogens is 320 g/mol. The Kier molecular flexibility index (Phi) is 3.01. The topological polar surface area (TPSA) is 97.0 Å². The predicted octanol–water partition coefficient (Wildman–Crippen LogP) is 0.832. The van der Waals surface area contributed by atoms with Crippen LogP contribution < -0.4 is 10.6 Å². The van der Waals surface area contributed by atoms with E-state index in [4.69, 9.17) is 4.98 Å². The Morgan fingerprint density at radius 2 is 2.12 bits per heavy atom. The maximum atomic E-state index is 11.9. The minimum atomic E-state index is -0.173. The van der Waals surface area contributed by atoms with Gasteiger partial charge in [0.2, 0.25) is 0 Å². The molecule has 0 spiro atoms. The van der Waals surface area contributed by atoms with E-state index < -0.39 is 0 Å². The van der Waals surface area contributed by atoms with E-state index in [1.165, 1.54) is 12.8 Å². The number of nitrogens with zero attached hydrogens (tertiary/aromatic N) is 7. The molecule has 1 saturated heterocycles. The number of hydrogen-bond acceptors (Lipinski definition) is 6. The Balaban J connectivity index is 1.62. The number of aryl methyl sites for hydroxylation is 1. The molecule has 9 nitrogen and oxygen atoms in total. The highest BCUT2D eigenvalue weighted by Crippen LogP contribution is 2.50. The summed E-state index contributed by atoms with van der Waals surface area (Å²) in [5, 5.41) is 15.1. The van der Waals surface area contributed by atoms with E-state index in [1.807, 2.05) is 17.4 Å².